The summed E-state index contributed by atoms with van der Waals surface area (Å²) in [4.78, 5) is 11.7. The van der Waals surface area contributed by atoms with Crippen LogP contribution < -0.4 is 10.1 Å². The summed E-state index contributed by atoms with van der Waals surface area (Å²) in [6, 6.07) is 10.5. The van der Waals surface area contributed by atoms with Gasteiger partial charge in [-0.2, -0.15) is 0 Å². The van der Waals surface area contributed by atoms with E-state index in [4.69, 9.17) is 9.15 Å². The molecule has 82 valence electrons. The van der Waals surface area contributed by atoms with E-state index in [1.807, 2.05) is 12.1 Å². The molecule has 0 spiro atoms. The molecule has 0 saturated carbocycles. The molecule has 16 heavy (non-hydrogen) atoms. The normalized spacial score (nSPS) is 9.81. The predicted molar refractivity (Wildman–Crippen MR) is 59.7 cm³/mol. The molecule has 1 heterocycles. The van der Waals surface area contributed by atoms with Crippen molar-refractivity contribution in [2.24, 2.45) is 0 Å². The maximum Gasteiger partial charge on any atom is 0.291 e. The molecule has 0 aliphatic heterocycles. The molecule has 4 nitrogen and oxygen atoms in total. The highest BCUT2D eigenvalue weighted by molar-refractivity contribution is 6.03. The summed E-state index contributed by atoms with van der Waals surface area (Å²) < 4.78 is 10.1. The highest BCUT2D eigenvalue weighted by Gasteiger charge is 2.10. The molecule has 0 unspecified atom stereocenters. The molecule has 0 saturated heterocycles. The highest BCUT2D eigenvalue weighted by Crippen LogP contribution is 2.23. The van der Waals surface area contributed by atoms with Gasteiger partial charge in [0.1, 0.15) is 5.75 Å². The molecule has 2 aromatic rings. The number of furan rings is 1. The number of para-hydroxylation sites is 2. The minimum Gasteiger partial charge on any atom is -0.495 e. The monoisotopic (exact) mass is 217 g/mol. The van der Waals surface area contributed by atoms with Crippen LogP contribution in [0, 0.1) is 0 Å². The number of anilines is 1. The second-order valence-corrected chi connectivity index (χ2v) is 3.13. The number of benzene rings is 1. The van der Waals surface area contributed by atoms with Gasteiger partial charge in [-0.3, -0.25) is 4.79 Å². The van der Waals surface area contributed by atoms with Crippen molar-refractivity contribution in [2.75, 3.05) is 12.4 Å². The summed E-state index contributed by atoms with van der Waals surface area (Å²) in [6.07, 6.45) is 1.46. The number of hydrogen-bond acceptors (Lipinski definition) is 3. The molecule has 0 fully saturated rings. The van der Waals surface area contributed by atoms with Crippen molar-refractivity contribution in [2.45, 2.75) is 0 Å². The van der Waals surface area contributed by atoms with E-state index in [-0.39, 0.29) is 11.7 Å². The average Bonchev–Trinajstić information content (AvgIpc) is 2.83. The molecule has 1 aromatic carbocycles. The topological polar surface area (TPSA) is 51.5 Å². The fourth-order valence-electron chi connectivity index (χ4n) is 1.34. The van der Waals surface area contributed by atoms with Crippen LogP contribution in [0.3, 0.4) is 0 Å². The molecule has 1 N–H and O–H groups in total. The zero-order valence-corrected chi connectivity index (χ0v) is 8.77. The second-order valence-electron chi connectivity index (χ2n) is 3.13. The van der Waals surface area contributed by atoms with Gasteiger partial charge in [0, 0.05) is 0 Å². The third-order valence-corrected chi connectivity index (χ3v) is 2.10. The zero-order valence-electron chi connectivity index (χ0n) is 8.77. The van der Waals surface area contributed by atoms with Gasteiger partial charge in [0.05, 0.1) is 19.1 Å². The number of hydrogen-bond donors (Lipinski definition) is 1. The van der Waals surface area contributed by atoms with Crippen molar-refractivity contribution < 1.29 is 13.9 Å². The van der Waals surface area contributed by atoms with Crippen molar-refractivity contribution in [3.63, 3.8) is 0 Å². The lowest BCUT2D eigenvalue weighted by molar-refractivity contribution is 0.0996. The summed E-state index contributed by atoms with van der Waals surface area (Å²) in [5.41, 5.74) is 0.617. The molecule has 0 bridgehead atoms. The number of ether oxygens (including phenoxy) is 1. The van der Waals surface area contributed by atoms with E-state index in [9.17, 15) is 4.79 Å². The van der Waals surface area contributed by atoms with E-state index in [0.717, 1.165) is 0 Å². The van der Waals surface area contributed by atoms with Gasteiger partial charge in [-0.15, -0.1) is 0 Å². The van der Waals surface area contributed by atoms with Gasteiger partial charge in [0.25, 0.3) is 5.91 Å². The van der Waals surface area contributed by atoms with Crippen molar-refractivity contribution in [1.82, 2.24) is 0 Å². The Balaban J connectivity index is 2.18. The first kappa shape index (κ1) is 10.3. The van der Waals surface area contributed by atoms with Crippen LogP contribution >= 0.6 is 0 Å². The van der Waals surface area contributed by atoms with Crippen LogP contribution in [0.4, 0.5) is 5.69 Å². The number of methoxy groups -OCH3 is 1. The van der Waals surface area contributed by atoms with Crippen molar-refractivity contribution >= 4 is 11.6 Å². The Morgan fingerprint density at radius 1 is 1.25 bits per heavy atom. The Morgan fingerprint density at radius 3 is 2.75 bits per heavy atom. The Hall–Kier alpha value is -2.23. The van der Waals surface area contributed by atoms with E-state index >= 15 is 0 Å². The summed E-state index contributed by atoms with van der Waals surface area (Å²) in [5, 5.41) is 2.71. The largest absolute Gasteiger partial charge is 0.495 e. The van der Waals surface area contributed by atoms with E-state index in [0.29, 0.717) is 11.4 Å². The summed E-state index contributed by atoms with van der Waals surface area (Å²) in [7, 11) is 1.55. The Labute approximate surface area is 92.8 Å². The van der Waals surface area contributed by atoms with Crippen LogP contribution in [0.1, 0.15) is 10.6 Å². The Morgan fingerprint density at radius 2 is 2.06 bits per heavy atom. The first-order valence-corrected chi connectivity index (χ1v) is 4.79. The van der Waals surface area contributed by atoms with E-state index < -0.39 is 0 Å². The third kappa shape index (κ3) is 2.06. The van der Waals surface area contributed by atoms with Crippen LogP contribution in [0.15, 0.2) is 47.1 Å². The molecule has 0 aliphatic rings. The molecular weight excluding hydrogens is 206 g/mol. The van der Waals surface area contributed by atoms with Gasteiger partial charge in [0.2, 0.25) is 0 Å². The van der Waals surface area contributed by atoms with Gasteiger partial charge >= 0.3 is 0 Å². The zero-order chi connectivity index (χ0) is 11.4. The lowest BCUT2D eigenvalue weighted by Gasteiger charge is -2.08. The van der Waals surface area contributed by atoms with Crippen LogP contribution in [0.5, 0.6) is 5.75 Å². The summed E-state index contributed by atoms with van der Waals surface area (Å²) in [6.45, 7) is 0. The van der Waals surface area contributed by atoms with Gasteiger partial charge < -0.3 is 14.5 Å². The van der Waals surface area contributed by atoms with E-state index in [2.05, 4.69) is 5.32 Å². The number of amides is 1. The van der Waals surface area contributed by atoms with Crippen LogP contribution in [-0.4, -0.2) is 13.0 Å². The number of rotatable bonds is 3. The third-order valence-electron chi connectivity index (χ3n) is 2.10. The van der Waals surface area contributed by atoms with Crippen molar-refractivity contribution in [3.8, 4) is 5.75 Å². The fourth-order valence-corrected chi connectivity index (χ4v) is 1.34. The van der Waals surface area contributed by atoms with Crippen molar-refractivity contribution in [3.05, 3.63) is 48.4 Å². The smallest absolute Gasteiger partial charge is 0.291 e. The van der Waals surface area contributed by atoms with E-state index in [1.54, 1.807) is 31.4 Å². The Bertz CT molecular complexity index is 477. The molecule has 4 heteroatoms. The summed E-state index contributed by atoms with van der Waals surface area (Å²) >= 11 is 0. The van der Waals surface area contributed by atoms with Gasteiger partial charge in [0.15, 0.2) is 5.76 Å². The summed E-state index contributed by atoms with van der Waals surface area (Å²) in [5.74, 6) is 0.586. The number of nitrogens with one attached hydrogen (secondary N) is 1. The van der Waals surface area contributed by atoms with Crippen LogP contribution in [-0.2, 0) is 0 Å². The lowest BCUT2D eigenvalue weighted by atomic mass is 10.3. The van der Waals surface area contributed by atoms with Crippen LogP contribution in [0.2, 0.25) is 0 Å². The highest BCUT2D eigenvalue weighted by atomic mass is 16.5. The maximum absolute atomic E-state index is 11.7. The Kier molecular flexibility index (Phi) is 2.91. The van der Waals surface area contributed by atoms with Gasteiger partial charge in [-0.25, -0.2) is 0 Å². The van der Waals surface area contributed by atoms with Crippen LogP contribution in [0.25, 0.3) is 0 Å². The number of carbonyl (C=O) groups excluding carboxylic acids is 1. The minimum atomic E-state index is -0.297. The van der Waals surface area contributed by atoms with Gasteiger partial charge in [-0.1, -0.05) is 12.1 Å². The van der Waals surface area contributed by atoms with Gasteiger partial charge in [-0.05, 0) is 24.3 Å². The fraction of sp³-hybridized carbons (Fsp3) is 0.0833. The molecule has 0 radical (unpaired) electrons. The minimum absolute atomic E-state index is 0.269. The SMILES string of the molecule is COc1ccccc1NC(=O)c1ccco1. The molecule has 0 aliphatic carbocycles. The average molecular weight is 217 g/mol. The molecule has 0 atom stereocenters. The van der Waals surface area contributed by atoms with Crippen molar-refractivity contribution in [1.29, 1.82) is 0 Å². The lowest BCUT2D eigenvalue weighted by Crippen LogP contribution is -2.11. The standard InChI is InChI=1S/C12H11NO3/c1-15-10-6-3-2-5-9(10)13-12(14)11-7-4-8-16-11/h2-8H,1H3,(H,13,14). The molecule has 1 amide bonds. The van der Waals surface area contributed by atoms with E-state index in [1.165, 1.54) is 6.26 Å². The predicted octanol–water partition coefficient (Wildman–Crippen LogP) is 2.54. The first-order valence-electron chi connectivity index (χ1n) is 4.79. The molecule has 1 aromatic heterocycles. The maximum atomic E-state index is 11.7. The molecular formula is C12H11NO3. The second kappa shape index (κ2) is 4.53. The quantitative estimate of drug-likeness (QED) is 0.859. The first-order chi connectivity index (χ1) is 7.81. The number of carbonyl (C=O) groups is 1. The molecule has 2 rings (SSSR count).